The van der Waals surface area contributed by atoms with Crippen LogP contribution in [0, 0.1) is 11.8 Å². The van der Waals surface area contributed by atoms with Crippen LogP contribution in [0.2, 0.25) is 0 Å². The molecule has 0 aromatic rings. The summed E-state index contributed by atoms with van der Waals surface area (Å²) < 4.78 is 24.1. The van der Waals surface area contributed by atoms with Crippen LogP contribution in [-0.2, 0) is 0 Å². The Morgan fingerprint density at radius 1 is 1.45 bits per heavy atom. The van der Waals surface area contributed by atoms with Crippen LogP contribution in [0.15, 0.2) is 0 Å². The zero-order chi connectivity index (χ0) is 7.56. The molecule has 2 N–H and O–H groups in total. The molecule has 1 aliphatic heterocycles. The Kier molecular flexibility index (Phi) is 4.88. The highest BCUT2D eigenvalue weighted by Crippen LogP contribution is 2.22. The molecule has 0 spiro atoms. The minimum atomic E-state index is -2.30. The Labute approximate surface area is 70.4 Å². The van der Waals surface area contributed by atoms with E-state index in [1.54, 1.807) is 0 Å². The molecule has 0 radical (unpaired) electrons. The van der Waals surface area contributed by atoms with Gasteiger partial charge in [0.15, 0.2) is 0 Å². The molecular weight excluding hydrogens is 176 g/mol. The van der Waals surface area contributed by atoms with Gasteiger partial charge in [0.2, 0.25) is 6.43 Å². The second kappa shape index (κ2) is 4.85. The van der Waals surface area contributed by atoms with Crippen LogP contribution in [0.4, 0.5) is 8.78 Å². The normalized spacial score (nSPS) is 30.5. The molecular formula is C6H12ClF2NO. The smallest absolute Gasteiger partial charge is 0.243 e. The van der Waals surface area contributed by atoms with Crippen LogP contribution in [0.3, 0.4) is 0 Å². The van der Waals surface area contributed by atoms with E-state index >= 15 is 0 Å². The van der Waals surface area contributed by atoms with Gasteiger partial charge in [0.1, 0.15) is 0 Å². The van der Waals surface area contributed by atoms with Crippen molar-refractivity contribution in [2.24, 2.45) is 11.8 Å². The zero-order valence-electron chi connectivity index (χ0n) is 5.96. The van der Waals surface area contributed by atoms with Gasteiger partial charge in [0.25, 0.3) is 0 Å². The first-order chi connectivity index (χ1) is 4.75. The van der Waals surface area contributed by atoms with Gasteiger partial charge >= 0.3 is 0 Å². The molecule has 0 saturated carbocycles. The van der Waals surface area contributed by atoms with Crippen molar-refractivity contribution in [3.63, 3.8) is 0 Å². The highest BCUT2D eigenvalue weighted by Gasteiger charge is 2.33. The minimum absolute atomic E-state index is 0. The first-order valence-electron chi connectivity index (χ1n) is 3.35. The Hall–Kier alpha value is 0.0700. The third-order valence-electron chi connectivity index (χ3n) is 1.95. The minimum Gasteiger partial charge on any atom is -0.396 e. The lowest BCUT2D eigenvalue weighted by Gasteiger charge is -2.13. The number of aliphatic hydroxyl groups excluding tert-OH is 1. The fraction of sp³-hybridized carbons (Fsp3) is 1.00. The van der Waals surface area contributed by atoms with E-state index < -0.39 is 12.3 Å². The molecule has 0 aromatic heterocycles. The molecule has 1 aliphatic rings. The highest BCUT2D eigenvalue weighted by atomic mass is 35.5. The second-order valence-corrected chi connectivity index (χ2v) is 2.60. The zero-order valence-corrected chi connectivity index (χ0v) is 6.78. The summed E-state index contributed by atoms with van der Waals surface area (Å²) in [4.78, 5) is 0. The number of aliphatic hydroxyl groups is 1. The van der Waals surface area contributed by atoms with Gasteiger partial charge in [-0.15, -0.1) is 12.4 Å². The van der Waals surface area contributed by atoms with Crippen LogP contribution in [0.1, 0.15) is 0 Å². The summed E-state index contributed by atoms with van der Waals surface area (Å²) in [5.74, 6) is -0.898. The van der Waals surface area contributed by atoms with Crippen molar-refractivity contribution < 1.29 is 13.9 Å². The van der Waals surface area contributed by atoms with Crippen molar-refractivity contribution >= 4 is 12.4 Å². The number of hydrogen-bond acceptors (Lipinski definition) is 2. The van der Waals surface area contributed by atoms with Crippen LogP contribution in [-0.4, -0.2) is 31.2 Å². The molecule has 1 saturated heterocycles. The number of nitrogens with one attached hydrogen (secondary N) is 1. The molecule has 11 heavy (non-hydrogen) atoms. The Morgan fingerprint density at radius 2 is 2.09 bits per heavy atom. The highest BCUT2D eigenvalue weighted by molar-refractivity contribution is 5.85. The van der Waals surface area contributed by atoms with Crippen LogP contribution < -0.4 is 5.32 Å². The van der Waals surface area contributed by atoms with E-state index in [-0.39, 0.29) is 24.9 Å². The van der Waals surface area contributed by atoms with Gasteiger partial charge < -0.3 is 10.4 Å². The van der Waals surface area contributed by atoms with Crippen LogP contribution in [0.25, 0.3) is 0 Å². The van der Waals surface area contributed by atoms with E-state index in [1.807, 2.05) is 0 Å². The standard InChI is InChI=1S/C6H11F2NO.ClH/c7-6(8)5-2-9-1-4(5)3-10;/h4-6,9-10H,1-3H2;1H/t4-,5+;/m1./s1. The average molecular weight is 188 g/mol. The summed E-state index contributed by atoms with van der Waals surface area (Å²) in [6.45, 7) is 0.719. The molecule has 0 aromatic carbocycles. The largest absolute Gasteiger partial charge is 0.396 e. The molecule has 2 atom stereocenters. The van der Waals surface area contributed by atoms with E-state index in [0.29, 0.717) is 13.1 Å². The van der Waals surface area contributed by atoms with Crippen molar-refractivity contribution in [2.45, 2.75) is 6.43 Å². The van der Waals surface area contributed by atoms with Crippen LogP contribution >= 0.6 is 12.4 Å². The molecule has 1 rings (SSSR count). The van der Waals surface area contributed by atoms with Gasteiger partial charge in [-0.25, -0.2) is 8.78 Å². The third kappa shape index (κ3) is 2.54. The summed E-state index contributed by atoms with van der Waals surface area (Å²) in [5.41, 5.74) is 0. The number of alkyl halides is 2. The van der Waals surface area contributed by atoms with Gasteiger partial charge in [-0.05, 0) is 0 Å². The van der Waals surface area contributed by atoms with E-state index in [1.165, 1.54) is 0 Å². The molecule has 0 amide bonds. The summed E-state index contributed by atoms with van der Waals surface area (Å²) in [7, 11) is 0. The molecule has 68 valence electrons. The lowest BCUT2D eigenvalue weighted by atomic mass is 9.98. The maximum atomic E-state index is 12.0. The van der Waals surface area contributed by atoms with E-state index in [4.69, 9.17) is 5.11 Å². The van der Waals surface area contributed by atoms with Crippen molar-refractivity contribution in [3.05, 3.63) is 0 Å². The van der Waals surface area contributed by atoms with E-state index in [2.05, 4.69) is 5.32 Å². The molecule has 0 unspecified atom stereocenters. The molecule has 5 heteroatoms. The monoisotopic (exact) mass is 187 g/mol. The lowest BCUT2D eigenvalue weighted by Crippen LogP contribution is -2.22. The van der Waals surface area contributed by atoms with Gasteiger partial charge in [-0.2, -0.15) is 0 Å². The van der Waals surface area contributed by atoms with Gasteiger partial charge in [0, 0.05) is 31.5 Å². The summed E-state index contributed by atoms with van der Waals surface area (Å²) in [5, 5.41) is 11.4. The van der Waals surface area contributed by atoms with Crippen molar-refractivity contribution in [1.82, 2.24) is 5.32 Å². The molecule has 2 nitrogen and oxygen atoms in total. The SMILES string of the molecule is Cl.OC[C@H]1CNC[C@@H]1C(F)F. The topological polar surface area (TPSA) is 32.3 Å². The Morgan fingerprint density at radius 3 is 2.45 bits per heavy atom. The van der Waals surface area contributed by atoms with Crippen LogP contribution in [0.5, 0.6) is 0 Å². The predicted molar refractivity (Wildman–Crippen MR) is 40.2 cm³/mol. The maximum Gasteiger partial charge on any atom is 0.243 e. The number of rotatable bonds is 2. The third-order valence-corrected chi connectivity index (χ3v) is 1.95. The number of halogens is 3. The molecule has 1 fully saturated rings. The fourth-order valence-corrected chi connectivity index (χ4v) is 1.25. The summed E-state index contributed by atoms with van der Waals surface area (Å²) >= 11 is 0. The fourth-order valence-electron chi connectivity index (χ4n) is 1.25. The maximum absolute atomic E-state index is 12.0. The van der Waals surface area contributed by atoms with Gasteiger partial charge in [-0.1, -0.05) is 0 Å². The first-order valence-corrected chi connectivity index (χ1v) is 3.35. The Balaban J connectivity index is 0.000001000. The molecule has 0 aliphatic carbocycles. The summed E-state index contributed by atoms with van der Waals surface area (Å²) in [6.07, 6.45) is -2.30. The molecule has 0 bridgehead atoms. The van der Waals surface area contributed by atoms with E-state index in [0.717, 1.165) is 0 Å². The molecule has 1 heterocycles. The van der Waals surface area contributed by atoms with Crippen molar-refractivity contribution in [1.29, 1.82) is 0 Å². The van der Waals surface area contributed by atoms with Crippen molar-refractivity contribution in [2.75, 3.05) is 19.7 Å². The lowest BCUT2D eigenvalue weighted by molar-refractivity contribution is 0.0475. The van der Waals surface area contributed by atoms with Gasteiger partial charge in [0.05, 0.1) is 0 Å². The first kappa shape index (κ1) is 11.1. The van der Waals surface area contributed by atoms with Gasteiger partial charge in [-0.3, -0.25) is 0 Å². The summed E-state index contributed by atoms with van der Waals surface area (Å²) in [6, 6.07) is 0. The Bertz CT molecular complexity index is 115. The van der Waals surface area contributed by atoms with Crippen molar-refractivity contribution in [3.8, 4) is 0 Å². The quantitative estimate of drug-likeness (QED) is 0.660. The number of hydrogen-bond donors (Lipinski definition) is 2. The van der Waals surface area contributed by atoms with E-state index in [9.17, 15) is 8.78 Å². The predicted octanol–water partition coefficient (Wildman–Crippen LogP) is 0.501. The average Bonchev–Trinajstić information content (AvgIpc) is 2.33. The second-order valence-electron chi connectivity index (χ2n) is 2.60.